The van der Waals surface area contributed by atoms with Crippen LogP contribution in [0.4, 0.5) is 0 Å². The normalized spacial score (nSPS) is 11.1. The van der Waals surface area contributed by atoms with Crippen molar-refractivity contribution in [3.63, 3.8) is 0 Å². The summed E-state index contributed by atoms with van der Waals surface area (Å²) in [6, 6.07) is 13.3. The quantitative estimate of drug-likeness (QED) is 0.444. The minimum Gasteiger partial charge on any atom is -0.494 e. The molecule has 0 saturated carbocycles. The van der Waals surface area contributed by atoms with E-state index in [-0.39, 0.29) is 18.9 Å². The van der Waals surface area contributed by atoms with Crippen LogP contribution in [0.25, 0.3) is 0 Å². The van der Waals surface area contributed by atoms with Gasteiger partial charge in [-0.1, -0.05) is 31.2 Å². The molecule has 2 rings (SSSR count). The number of carbonyl (C=O) groups is 2. The number of ether oxygens (including phenoxy) is 2. The Labute approximate surface area is 171 Å². The molecular weight excluding hydrogens is 394 g/mol. The largest absolute Gasteiger partial charge is 0.494 e. The minimum absolute atomic E-state index is 0.284. The van der Waals surface area contributed by atoms with Crippen LogP contribution in [0.1, 0.15) is 39.6 Å². The molecule has 156 valence electrons. The summed E-state index contributed by atoms with van der Waals surface area (Å²) in [6.45, 7) is 2.53. The summed E-state index contributed by atoms with van der Waals surface area (Å²) >= 11 is 0. The van der Waals surface area contributed by atoms with Crippen molar-refractivity contribution in [3.05, 3.63) is 65.2 Å². The van der Waals surface area contributed by atoms with Crippen molar-refractivity contribution in [3.8, 4) is 5.75 Å². The lowest BCUT2D eigenvalue weighted by molar-refractivity contribution is 0.0474. The van der Waals surface area contributed by atoms with Crippen LogP contribution in [0.3, 0.4) is 0 Å². The van der Waals surface area contributed by atoms with Gasteiger partial charge in [-0.25, -0.2) is 17.9 Å². The van der Waals surface area contributed by atoms with Crippen LogP contribution in [-0.2, 0) is 21.2 Å². The first-order chi connectivity index (χ1) is 13.8. The monoisotopic (exact) mass is 419 g/mol. The fourth-order valence-corrected chi connectivity index (χ4v) is 2.92. The molecule has 0 unspecified atom stereocenters. The maximum atomic E-state index is 12.2. The summed E-state index contributed by atoms with van der Waals surface area (Å²) in [5.41, 5.74) is 1.65. The van der Waals surface area contributed by atoms with E-state index in [1.54, 1.807) is 48.5 Å². The van der Waals surface area contributed by atoms with E-state index in [2.05, 4.69) is 4.72 Å². The molecule has 0 radical (unpaired) electrons. The molecular formula is C21H25NO6S. The highest BCUT2D eigenvalue weighted by Gasteiger charge is 2.12. The van der Waals surface area contributed by atoms with Crippen LogP contribution in [0.5, 0.6) is 5.75 Å². The second-order valence-corrected chi connectivity index (χ2v) is 8.32. The maximum Gasteiger partial charge on any atom is 0.338 e. The first-order valence-electron chi connectivity index (χ1n) is 9.25. The third-order valence-electron chi connectivity index (χ3n) is 3.95. The lowest BCUT2D eigenvalue weighted by Crippen LogP contribution is -2.24. The van der Waals surface area contributed by atoms with Gasteiger partial charge in [0.25, 0.3) is 0 Å². The maximum absolute atomic E-state index is 12.2. The molecule has 0 fully saturated rings. The van der Waals surface area contributed by atoms with E-state index in [1.807, 2.05) is 6.92 Å². The van der Waals surface area contributed by atoms with Gasteiger partial charge in [0, 0.05) is 12.1 Å². The second-order valence-electron chi connectivity index (χ2n) is 6.49. The van der Waals surface area contributed by atoms with Crippen LogP contribution in [-0.4, -0.2) is 46.2 Å². The number of nitrogens with one attached hydrogen (secondary N) is 1. The number of hydrogen-bond donors (Lipinski definition) is 1. The summed E-state index contributed by atoms with van der Waals surface area (Å²) in [7, 11) is -3.22. The first-order valence-corrected chi connectivity index (χ1v) is 11.1. The van der Waals surface area contributed by atoms with Crippen molar-refractivity contribution in [1.82, 2.24) is 4.72 Å². The van der Waals surface area contributed by atoms with E-state index in [0.29, 0.717) is 29.9 Å². The Balaban J connectivity index is 1.82. The van der Waals surface area contributed by atoms with Crippen LogP contribution in [0.15, 0.2) is 48.5 Å². The summed E-state index contributed by atoms with van der Waals surface area (Å²) in [5.74, 6) is -0.225. The number of esters is 1. The van der Waals surface area contributed by atoms with E-state index in [1.165, 1.54) is 0 Å². The van der Waals surface area contributed by atoms with E-state index in [4.69, 9.17) is 9.47 Å². The predicted octanol–water partition coefficient (Wildman–Crippen LogP) is 2.61. The van der Waals surface area contributed by atoms with Gasteiger partial charge in [-0.15, -0.1) is 0 Å². The van der Waals surface area contributed by atoms with Gasteiger partial charge in [0.1, 0.15) is 5.75 Å². The van der Waals surface area contributed by atoms with E-state index in [0.717, 1.165) is 18.2 Å². The van der Waals surface area contributed by atoms with Crippen LogP contribution in [0, 0.1) is 0 Å². The molecule has 0 spiro atoms. The highest BCUT2D eigenvalue weighted by atomic mass is 32.2. The molecule has 0 aliphatic heterocycles. The van der Waals surface area contributed by atoms with Crippen LogP contribution < -0.4 is 9.46 Å². The van der Waals surface area contributed by atoms with Gasteiger partial charge in [0.2, 0.25) is 10.0 Å². The molecule has 0 amide bonds. The molecule has 2 aromatic rings. The topological polar surface area (TPSA) is 98.8 Å². The van der Waals surface area contributed by atoms with Gasteiger partial charge < -0.3 is 9.47 Å². The van der Waals surface area contributed by atoms with Crippen LogP contribution >= 0.6 is 0 Å². The molecule has 29 heavy (non-hydrogen) atoms. The zero-order valence-corrected chi connectivity index (χ0v) is 17.3. The lowest BCUT2D eigenvalue weighted by atomic mass is 10.1. The average molecular weight is 419 g/mol. The number of Topliss-reactive ketones (excluding diaryl/α,β-unsaturated/α-hetero) is 1. The SMILES string of the molecule is CCCOc1ccc(C(=O)OCC(=O)c2ccc(CCNS(C)(=O)=O)cc2)cc1. The molecule has 0 atom stereocenters. The summed E-state index contributed by atoms with van der Waals surface area (Å²) in [4.78, 5) is 24.3. The van der Waals surface area contributed by atoms with Crippen molar-refractivity contribution in [1.29, 1.82) is 0 Å². The Bertz CT molecular complexity index is 921. The summed E-state index contributed by atoms with van der Waals surface area (Å²) < 4.78 is 35.1. The molecule has 0 aliphatic carbocycles. The number of benzene rings is 2. The third-order valence-corrected chi connectivity index (χ3v) is 4.68. The van der Waals surface area contributed by atoms with Crippen molar-refractivity contribution in [2.45, 2.75) is 19.8 Å². The van der Waals surface area contributed by atoms with Crippen molar-refractivity contribution in [2.24, 2.45) is 0 Å². The van der Waals surface area contributed by atoms with Gasteiger partial charge in [-0.2, -0.15) is 0 Å². The van der Waals surface area contributed by atoms with Gasteiger partial charge in [0.15, 0.2) is 12.4 Å². The molecule has 0 heterocycles. The van der Waals surface area contributed by atoms with E-state index in [9.17, 15) is 18.0 Å². The smallest absolute Gasteiger partial charge is 0.338 e. The number of sulfonamides is 1. The number of ketones is 1. The fourth-order valence-electron chi connectivity index (χ4n) is 2.44. The molecule has 0 aromatic heterocycles. The van der Waals surface area contributed by atoms with Gasteiger partial charge in [0.05, 0.1) is 18.4 Å². The van der Waals surface area contributed by atoms with Crippen LogP contribution in [0.2, 0.25) is 0 Å². The van der Waals surface area contributed by atoms with Crippen molar-refractivity contribution >= 4 is 21.8 Å². The second kappa shape index (κ2) is 10.7. The summed E-state index contributed by atoms with van der Waals surface area (Å²) in [6.07, 6.45) is 2.50. The molecule has 0 bridgehead atoms. The van der Waals surface area contributed by atoms with Gasteiger partial charge >= 0.3 is 5.97 Å². The highest BCUT2D eigenvalue weighted by Crippen LogP contribution is 2.13. The molecule has 8 heteroatoms. The third kappa shape index (κ3) is 8.05. The molecule has 1 N–H and O–H groups in total. The standard InChI is InChI=1S/C21H25NO6S/c1-3-14-27-19-10-8-18(9-11-19)21(24)28-15-20(23)17-6-4-16(5-7-17)12-13-22-29(2,25)26/h4-11,22H,3,12-15H2,1-2H3. The number of carbonyl (C=O) groups excluding carboxylic acids is 2. The lowest BCUT2D eigenvalue weighted by Gasteiger charge is -2.07. The fraction of sp³-hybridized carbons (Fsp3) is 0.333. The Morgan fingerprint density at radius 1 is 0.966 bits per heavy atom. The molecule has 2 aromatic carbocycles. The Hall–Kier alpha value is -2.71. The highest BCUT2D eigenvalue weighted by molar-refractivity contribution is 7.88. The van der Waals surface area contributed by atoms with Crippen molar-refractivity contribution in [2.75, 3.05) is 26.0 Å². The number of rotatable bonds is 11. The first kappa shape index (κ1) is 22.6. The molecule has 0 aliphatic rings. The van der Waals surface area contributed by atoms with E-state index < -0.39 is 16.0 Å². The zero-order valence-electron chi connectivity index (χ0n) is 16.5. The number of hydrogen-bond acceptors (Lipinski definition) is 6. The Morgan fingerprint density at radius 3 is 2.17 bits per heavy atom. The Morgan fingerprint density at radius 2 is 1.59 bits per heavy atom. The minimum atomic E-state index is -3.22. The zero-order chi connectivity index (χ0) is 21.3. The predicted molar refractivity (Wildman–Crippen MR) is 110 cm³/mol. The van der Waals surface area contributed by atoms with E-state index >= 15 is 0 Å². The van der Waals surface area contributed by atoms with Crippen molar-refractivity contribution < 1.29 is 27.5 Å². The average Bonchev–Trinajstić information content (AvgIpc) is 2.70. The summed E-state index contributed by atoms with van der Waals surface area (Å²) in [5, 5.41) is 0. The Kier molecular flexibility index (Phi) is 8.35. The molecule has 0 saturated heterocycles. The molecule has 7 nitrogen and oxygen atoms in total. The van der Waals surface area contributed by atoms with Gasteiger partial charge in [-0.3, -0.25) is 4.79 Å². The van der Waals surface area contributed by atoms with Gasteiger partial charge in [-0.05, 0) is 42.7 Å².